The van der Waals surface area contributed by atoms with E-state index in [2.05, 4.69) is 39.9 Å². The minimum Gasteiger partial charge on any atom is -0.338 e. The first-order valence-corrected chi connectivity index (χ1v) is 8.25. The summed E-state index contributed by atoms with van der Waals surface area (Å²) < 4.78 is 2.26. The molecule has 1 amide bonds. The number of nitrogens with one attached hydrogen (secondary N) is 1. The van der Waals surface area contributed by atoms with Crippen molar-refractivity contribution < 1.29 is 4.79 Å². The number of carbonyl (C=O) groups excluding carboxylic acids is 1. The average molecular weight is 298 g/mol. The Bertz CT molecular complexity index is 708. The lowest BCUT2D eigenvalue weighted by Crippen LogP contribution is -2.37. The maximum absolute atomic E-state index is 12.2. The Balaban J connectivity index is 1.55. The molecule has 1 aromatic carbocycles. The van der Waals surface area contributed by atoms with Crippen LogP contribution in [0.2, 0.25) is 0 Å². The number of benzene rings is 1. The van der Waals surface area contributed by atoms with Crippen LogP contribution in [0.4, 0.5) is 0 Å². The highest BCUT2D eigenvalue weighted by atomic mass is 16.2. The maximum Gasteiger partial charge on any atom is 0.224 e. The predicted molar refractivity (Wildman–Crippen MR) is 85.6 cm³/mol. The molecule has 2 atom stereocenters. The third-order valence-electron chi connectivity index (χ3n) is 5.05. The van der Waals surface area contributed by atoms with Gasteiger partial charge in [-0.25, -0.2) is 4.98 Å². The second-order valence-electron chi connectivity index (χ2n) is 6.22. The Morgan fingerprint density at radius 1 is 1.36 bits per heavy atom. The largest absolute Gasteiger partial charge is 0.338 e. The molecule has 0 aliphatic carbocycles. The van der Waals surface area contributed by atoms with Gasteiger partial charge in [-0.2, -0.15) is 0 Å². The van der Waals surface area contributed by atoms with Crippen LogP contribution in [-0.4, -0.2) is 45.5 Å². The fourth-order valence-corrected chi connectivity index (χ4v) is 4.01. The Morgan fingerprint density at radius 3 is 3.09 bits per heavy atom. The number of hydrogen-bond donors (Lipinski definition) is 1. The molecule has 116 valence electrons. The van der Waals surface area contributed by atoms with E-state index >= 15 is 0 Å². The van der Waals surface area contributed by atoms with E-state index in [1.54, 1.807) is 0 Å². The first-order chi connectivity index (χ1) is 10.8. The number of nitrogens with zero attached hydrogens (tertiary/aromatic N) is 3. The molecule has 1 N–H and O–H groups in total. The normalized spacial score (nSPS) is 24.4. The summed E-state index contributed by atoms with van der Waals surface area (Å²) in [5.74, 6) is 1.38. The van der Waals surface area contributed by atoms with Crippen molar-refractivity contribution in [3.05, 3.63) is 30.1 Å². The van der Waals surface area contributed by atoms with Crippen molar-refractivity contribution in [1.29, 1.82) is 0 Å². The van der Waals surface area contributed by atoms with Gasteiger partial charge in [-0.1, -0.05) is 12.1 Å². The first kappa shape index (κ1) is 13.8. The van der Waals surface area contributed by atoms with Crippen LogP contribution in [0, 0.1) is 0 Å². The van der Waals surface area contributed by atoms with Gasteiger partial charge in [-0.15, -0.1) is 0 Å². The minimum atomic E-state index is 0.293. The Kier molecular flexibility index (Phi) is 3.37. The number of hydrogen-bond acceptors (Lipinski definition) is 3. The van der Waals surface area contributed by atoms with Gasteiger partial charge in [0.15, 0.2) is 0 Å². The van der Waals surface area contributed by atoms with E-state index in [1.807, 2.05) is 6.07 Å². The first-order valence-electron chi connectivity index (χ1n) is 8.25. The SMILES string of the molecule is CCn1c(CCN2C(=O)C[C@H]3NCC[C@H]32)nc2ccccc21. The number of rotatable bonds is 4. The molecule has 0 unspecified atom stereocenters. The van der Waals surface area contributed by atoms with Gasteiger partial charge >= 0.3 is 0 Å². The van der Waals surface area contributed by atoms with E-state index in [0.29, 0.717) is 24.4 Å². The van der Waals surface area contributed by atoms with Gasteiger partial charge in [0, 0.05) is 38.0 Å². The highest BCUT2D eigenvalue weighted by molar-refractivity contribution is 5.80. The van der Waals surface area contributed by atoms with E-state index in [-0.39, 0.29) is 0 Å². The molecule has 5 nitrogen and oxygen atoms in total. The summed E-state index contributed by atoms with van der Waals surface area (Å²) in [7, 11) is 0. The fraction of sp³-hybridized carbons (Fsp3) is 0.529. The van der Waals surface area contributed by atoms with Gasteiger partial charge in [0.2, 0.25) is 5.91 Å². The molecule has 5 heteroatoms. The molecule has 0 bridgehead atoms. The summed E-state index contributed by atoms with van der Waals surface area (Å²) in [5.41, 5.74) is 2.24. The van der Waals surface area contributed by atoms with Gasteiger partial charge in [0.1, 0.15) is 5.82 Å². The molecule has 3 heterocycles. The summed E-state index contributed by atoms with van der Waals surface area (Å²) in [6, 6.07) is 9.02. The smallest absolute Gasteiger partial charge is 0.224 e. The van der Waals surface area contributed by atoms with Crippen molar-refractivity contribution in [3.63, 3.8) is 0 Å². The van der Waals surface area contributed by atoms with Crippen molar-refractivity contribution in [2.24, 2.45) is 0 Å². The van der Waals surface area contributed by atoms with E-state index in [4.69, 9.17) is 4.98 Å². The monoisotopic (exact) mass is 298 g/mol. The zero-order valence-electron chi connectivity index (χ0n) is 13.0. The van der Waals surface area contributed by atoms with Crippen molar-refractivity contribution in [2.75, 3.05) is 13.1 Å². The second-order valence-corrected chi connectivity index (χ2v) is 6.22. The van der Waals surface area contributed by atoms with Crippen LogP contribution in [0.3, 0.4) is 0 Å². The maximum atomic E-state index is 12.2. The molecule has 2 aliphatic rings. The van der Waals surface area contributed by atoms with E-state index < -0.39 is 0 Å². The highest BCUT2D eigenvalue weighted by Crippen LogP contribution is 2.26. The Morgan fingerprint density at radius 2 is 2.23 bits per heavy atom. The number of aryl methyl sites for hydroxylation is 1. The fourth-order valence-electron chi connectivity index (χ4n) is 4.01. The zero-order valence-corrected chi connectivity index (χ0v) is 13.0. The number of carbonyl (C=O) groups is 1. The minimum absolute atomic E-state index is 0.293. The molecule has 1 aromatic heterocycles. The molecule has 22 heavy (non-hydrogen) atoms. The zero-order chi connectivity index (χ0) is 15.1. The number of likely N-dealkylation sites (tertiary alicyclic amines) is 1. The molecule has 2 fully saturated rings. The van der Waals surface area contributed by atoms with Gasteiger partial charge in [-0.3, -0.25) is 4.79 Å². The topological polar surface area (TPSA) is 50.2 Å². The highest BCUT2D eigenvalue weighted by Gasteiger charge is 2.41. The summed E-state index contributed by atoms with van der Waals surface area (Å²) in [4.78, 5) is 19.0. The molecule has 2 saturated heterocycles. The van der Waals surface area contributed by atoms with Crippen molar-refractivity contribution in [3.8, 4) is 0 Å². The molecule has 0 saturated carbocycles. The lowest BCUT2D eigenvalue weighted by molar-refractivity contribution is -0.129. The summed E-state index contributed by atoms with van der Waals surface area (Å²) in [5, 5.41) is 3.44. The quantitative estimate of drug-likeness (QED) is 0.932. The molecular formula is C17H22N4O. The number of para-hydroxylation sites is 2. The van der Waals surface area contributed by atoms with E-state index in [9.17, 15) is 4.79 Å². The second kappa shape index (κ2) is 5.39. The van der Waals surface area contributed by atoms with Crippen molar-refractivity contribution in [2.45, 2.75) is 44.8 Å². The lowest BCUT2D eigenvalue weighted by Gasteiger charge is -2.23. The van der Waals surface area contributed by atoms with Gasteiger partial charge < -0.3 is 14.8 Å². The average Bonchev–Trinajstić information content (AvgIpc) is 3.17. The molecule has 0 spiro atoms. The molecule has 2 aromatic rings. The number of fused-ring (bicyclic) bond motifs is 2. The summed E-state index contributed by atoms with van der Waals surface area (Å²) in [6.45, 7) is 4.88. The molecule has 4 rings (SSSR count). The van der Waals surface area contributed by atoms with Crippen LogP contribution in [0.1, 0.15) is 25.6 Å². The van der Waals surface area contributed by atoms with Gasteiger partial charge in [0.05, 0.1) is 11.0 Å². The van der Waals surface area contributed by atoms with E-state index in [1.165, 1.54) is 5.52 Å². The lowest BCUT2D eigenvalue weighted by atomic mass is 10.1. The van der Waals surface area contributed by atoms with Crippen LogP contribution < -0.4 is 5.32 Å². The molecule has 2 aliphatic heterocycles. The number of amides is 1. The Hall–Kier alpha value is -1.88. The molecular weight excluding hydrogens is 276 g/mol. The van der Waals surface area contributed by atoms with Crippen LogP contribution in [0.15, 0.2) is 24.3 Å². The Labute approximate surface area is 130 Å². The van der Waals surface area contributed by atoms with Gasteiger partial charge in [-0.05, 0) is 32.0 Å². The number of imidazole rings is 1. The van der Waals surface area contributed by atoms with E-state index in [0.717, 1.165) is 43.8 Å². The summed E-state index contributed by atoms with van der Waals surface area (Å²) in [6.07, 6.45) is 2.58. The number of aromatic nitrogens is 2. The van der Waals surface area contributed by atoms with Crippen molar-refractivity contribution >= 4 is 16.9 Å². The third kappa shape index (κ3) is 2.11. The van der Waals surface area contributed by atoms with Crippen LogP contribution in [0.25, 0.3) is 11.0 Å². The van der Waals surface area contributed by atoms with Crippen LogP contribution in [0.5, 0.6) is 0 Å². The van der Waals surface area contributed by atoms with Gasteiger partial charge in [0.25, 0.3) is 0 Å². The van der Waals surface area contributed by atoms with Crippen molar-refractivity contribution in [1.82, 2.24) is 19.8 Å². The predicted octanol–water partition coefficient (Wildman–Crippen LogP) is 1.56. The third-order valence-corrected chi connectivity index (χ3v) is 5.05. The molecule has 0 radical (unpaired) electrons. The summed E-state index contributed by atoms with van der Waals surface area (Å²) >= 11 is 0. The van der Waals surface area contributed by atoms with Crippen LogP contribution >= 0.6 is 0 Å². The standard InChI is InChI=1S/C17H22N4O/c1-2-20-14-6-4-3-5-12(14)19-16(20)8-10-21-15-7-9-18-13(15)11-17(21)22/h3-6,13,15,18H,2,7-11H2,1H3/t13-,15-/m1/s1. The van der Waals surface area contributed by atoms with Crippen LogP contribution in [-0.2, 0) is 17.8 Å².